The Balaban J connectivity index is 1.33. The van der Waals surface area contributed by atoms with Crippen molar-refractivity contribution in [1.29, 1.82) is 0 Å². The molecule has 1 atom stereocenters. The molecule has 5 rings (SSSR count). The fourth-order valence-corrected chi connectivity index (χ4v) is 5.62. The zero-order chi connectivity index (χ0) is 24.9. The van der Waals surface area contributed by atoms with Gasteiger partial charge >= 0.3 is 0 Å². The predicted octanol–water partition coefficient (Wildman–Crippen LogP) is 4.95. The largest absolute Gasteiger partial charge is 0.348 e. The molecular weight excluding hydrogens is 468 g/mol. The van der Waals surface area contributed by atoms with Crippen LogP contribution < -0.4 is 5.32 Å². The van der Waals surface area contributed by atoms with Gasteiger partial charge in [0, 0.05) is 36.9 Å². The number of aryl methyl sites for hydroxylation is 3. The van der Waals surface area contributed by atoms with Crippen LogP contribution >= 0.6 is 11.3 Å². The molecule has 1 aliphatic carbocycles. The maximum atomic E-state index is 12.8. The van der Waals surface area contributed by atoms with Gasteiger partial charge < -0.3 is 5.32 Å². The lowest BCUT2D eigenvalue weighted by Crippen LogP contribution is -2.31. The zero-order valence-corrected chi connectivity index (χ0v) is 21.5. The minimum atomic E-state index is -0.146. The van der Waals surface area contributed by atoms with Gasteiger partial charge in [0.2, 0.25) is 0 Å². The summed E-state index contributed by atoms with van der Waals surface area (Å²) in [5.41, 5.74) is 8.65. The van der Waals surface area contributed by atoms with Crippen molar-refractivity contribution in [2.45, 2.75) is 58.8 Å². The molecular formula is C28H30N6OS. The maximum Gasteiger partial charge on any atom is 0.255 e. The van der Waals surface area contributed by atoms with E-state index < -0.39 is 0 Å². The van der Waals surface area contributed by atoms with E-state index in [9.17, 15) is 4.79 Å². The second kappa shape index (κ2) is 11.1. The van der Waals surface area contributed by atoms with Crippen LogP contribution in [0.4, 0.5) is 0 Å². The lowest BCUT2D eigenvalue weighted by atomic mass is 9.90. The van der Waals surface area contributed by atoms with E-state index in [0.29, 0.717) is 23.5 Å². The van der Waals surface area contributed by atoms with Gasteiger partial charge in [-0.05, 0) is 55.9 Å². The van der Waals surface area contributed by atoms with Gasteiger partial charge in [0.1, 0.15) is 6.33 Å². The van der Waals surface area contributed by atoms with Gasteiger partial charge in [-0.3, -0.25) is 19.7 Å². The van der Waals surface area contributed by atoms with Gasteiger partial charge in [-0.25, -0.2) is 9.97 Å². The minimum absolute atomic E-state index is 0.146. The summed E-state index contributed by atoms with van der Waals surface area (Å²) in [5.74, 6) is -0.146. The first-order chi connectivity index (χ1) is 17.6. The molecule has 4 aromatic rings. The van der Waals surface area contributed by atoms with Crippen LogP contribution in [0.25, 0.3) is 0 Å². The van der Waals surface area contributed by atoms with Crippen molar-refractivity contribution in [3.63, 3.8) is 0 Å². The van der Waals surface area contributed by atoms with E-state index in [-0.39, 0.29) is 11.9 Å². The standard InChI is InChI=1S/C28H30N6OS/c1-19-26(20(2)33-17-32-19)28(35)31-13-21-6-3-7-22(12-21)15-34(16-24-14-29-18-36-24)25-10-4-8-23-9-5-11-30-27(23)25/h3,5-7,9,11-12,14,17-18,25H,4,8,10,13,15-16H2,1-2H3,(H,31,35). The summed E-state index contributed by atoms with van der Waals surface area (Å²) in [4.78, 5) is 34.0. The molecule has 3 heterocycles. The van der Waals surface area contributed by atoms with Crippen LogP contribution in [0.2, 0.25) is 0 Å². The predicted molar refractivity (Wildman–Crippen MR) is 140 cm³/mol. The first kappa shape index (κ1) is 24.2. The molecule has 8 heteroatoms. The van der Waals surface area contributed by atoms with E-state index in [4.69, 9.17) is 4.98 Å². The molecule has 7 nitrogen and oxygen atoms in total. The fourth-order valence-electron chi connectivity index (χ4n) is 5.00. The van der Waals surface area contributed by atoms with Crippen molar-refractivity contribution in [2.24, 2.45) is 0 Å². The molecule has 0 bridgehead atoms. The van der Waals surface area contributed by atoms with Crippen molar-refractivity contribution in [2.75, 3.05) is 0 Å². The lowest BCUT2D eigenvalue weighted by molar-refractivity contribution is 0.0948. The number of amides is 1. The summed E-state index contributed by atoms with van der Waals surface area (Å²) >= 11 is 1.69. The number of nitrogens with one attached hydrogen (secondary N) is 1. The normalized spacial score (nSPS) is 15.0. The van der Waals surface area contributed by atoms with Crippen molar-refractivity contribution in [3.8, 4) is 0 Å². The molecule has 0 spiro atoms. The Morgan fingerprint density at radius 2 is 1.92 bits per heavy atom. The molecule has 1 amide bonds. The van der Waals surface area contributed by atoms with Crippen LogP contribution in [-0.4, -0.2) is 30.7 Å². The first-order valence-electron chi connectivity index (χ1n) is 12.3. The fraction of sp³-hybridized carbons (Fsp3) is 0.321. The van der Waals surface area contributed by atoms with Gasteiger partial charge in [-0.1, -0.05) is 30.3 Å². The van der Waals surface area contributed by atoms with Gasteiger partial charge in [0.05, 0.1) is 34.2 Å². The SMILES string of the molecule is Cc1ncnc(C)c1C(=O)NCc1cccc(CN(Cc2cncs2)C2CCCc3cccnc32)c1. The maximum absolute atomic E-state index is 12.8. The second-order valence-corrected chi connectivity index (χ2v) is 10.2. The summed E-state index contributed by atoms with van der Waals surface area (Å²) in [6.45, 7) is 5.74. The molecule has 0 radical (unpaired) electrons. The number of pyridine rings is 1. The van der Waals surface area contributed by atoms with Crippen LogP contribution in [0.3, 0.4) is 0 Å². The number of hydrogen-bond acceptors (Lipinski definition) is 7. The number of aromatic nitrogens is 4. The Hall–Kier alpha value is -3.49. The van der Waals surface area contributed by atoms with Crippen LogP contribution in [0.5, 0.6) is 0 Å². The zero-order valence-electron chi connectivity index (χ0n) is 20.6. The molecule has 36 heavy (non-hydrogen) atoms. The Kier molecular flexibility index (Phi) is 7.44. The number of carbonyl (C=O) groups excluding carboxylic acids is 1. The van der Waals surface area contributed by atoms with E-state index in [1.165, 1.54) is 28.0 Å². The summed E-state index contributed by atoms with van der Waals surface area (Å²) in [6.07, 6.45) is 8.71. The van der Waals surface area contributed by atoms with E-state index >= 15 is 0 Å². The smallest absolute Gasteiger partial charge is 0.255 e. The summed E-state index contributed by atoms with van der Waals surface area (Å²) in [7, 11) is 0. The van der Waals surface area contributed by atoms with Crippen molar-refractivity contribution in [3.05, 3.63) is 105 Å². The molecule has 1 unspecified atom stereocenters. The van der Waals surface area contributed by atoms with Crippen LogP contribution in [0.15, 0.2) is 60.6 Å². The van der Waals surface area contributed by atoms with Gasteiger partial charge in [0.25, 0.3) is 5.91 Å². The number of benzene rings is 1. The van der Waals surface area contributed by atoms with Crippen LogP contribution in [0, 0.1) is 13.8 Å². The van der Waals surface area contributed by atoms with Crippen molar-refractivity contribution < 1.29 is 4.79 Å². The Labute approximate surface area is 215 Å². The number of fused-ring (bicyclic) bond motifs is 1. The molecule has 0 saturated heterocycles. The molecule has 0 saturated carbocycles. The van der Waals surface area contributed by atoms with E-state index in [2.05, 4.69) is 55.5 Å². The van der Waals surface area contributed by atoms with Crippen LogP contribution in [-0.2, 0) is 26.1 Å². The summed E-state index contributed by atoms with van der Waals surface area (Å²) in [5, 5.41) is 3.04. The molecule has 1 N–H and O–H groups in total. The Morgan fingerprint density at radius 1 is 1.08 bits per heavy atom. The minimum Gasteiger partial charge on any atom is -0.348 e. The second-order valence-electron chi connectivity index (χ2n) is 9.25. The van der Waals surface area contributed by atoms with Gasteiger partial charge in [-0.15, -0.1) is 11.3 Å². The molecule has 1 aliphatic rings. The quantitative estimate of drug-likeness (QED) is 0.370. The van der Waals surface area contributed by atoms with Gasteiger partial charge in [-0.2, -0.15) is 0 Å². The average Bonchev–Trinajstić information content (AvgIpc) is 3.40. The highest BCUT2D eigenvalue weighted by molar-refractivity contribution is 7.09. The summed E-state index contributed by atoms with van der Waals surface area (Å²) in [6, 6.07) is 13.0. The van der Waals surface area contributed by atoms with E-state index in [0.717, 1.165) is 37.9 Å². The number of nitrogens with zero attached hydrogens (tertiary/aromatic N) is 5. The number of rotatable bonds is 8. The third-order valence-corrected chi connectivity index (χ3v) is 7.50. The molecule has 1 aromatic carbocycles. The number of thiazole rings is 1. The Bertz CT molecular complexity index is 1320. The lowest BCUT2D eigenvalue weighted by Gasteiger charge is -2.35. The monoisotopic (exact) mass is 498 g/mol. The highest BCUT2D eigenvalue weighted by Gasteiger charge is 2.27. The number of carbonyl (C=O) groups is 1. The molecule has 0 aliphatic heterocycles. The molecule has 3 aromatic heterocycles. The Morgan fingerprint density at radius 3 is 2.72 bits per heavy atom. The average molecular weight is 499 g/mol. The van der Waals surface area contributed by atoms with Crippen molar-refractivity contribution >= 4 is 17.2 Å². The topological polar surface area (TPSA) is 83.9 Å². The third kappa shape index (κ3) is 5.50. The van der Waals surface area contributed by atoms with E-state index in [1.54, 1.807) is 11.3 Å². The third-order valence-electron chi connectivity index (χ3n) is 6.73. The number of hydrogen-bond donors (Lipinski definition) is 1. The molecule has 184 valence electrons. The highest BCUT2D eigenvalue weighted by atomic mass is 32.1. The van der Waals surface area contributed by atoms with E-state index in [1.807, 2.05) is 37.8 Å². The summed E-state index contributed by atoms with van der Waals surface area (Å²) < 4.78 is 0. The van der Waals surface area contributed by atoms with Gasteiger partial charge in [0.15, 0.2) is 0 Å². The highest BCUT2D eigenvalue weighted by Crippen LogP contribution is 2.35. The molecule has 0 fully saturated rings. The van der Waals surface area contributed by atoms with Crippen molar-refractivity contribution in [1.82, 2.24) is 30.2 Å². The first-order valence-corrected chi connectivity index (χ1v) is 13.2. The van der Waals surface area contributed by atoms with Crippen LogP contribution in [0.1, 0.15) is 67.9 Å².